The predicted octanol–water partition coefficient (Wildman–Crippen LogP) is 6.94. The van der Waals surface area contributed by atoms with E-state index in [4.69, 9.17) is 21.2 Å². The van der Waals surface area contributed by atoms with Crippen molar-refractivity contribution in [2.75, 3.05) is 6.61 Å². The second-order valence-corrected chi connectivity index (χ2v) is 14.9. The van der Waals surface area contributed by atoms with Crippen LogP contribution in [0, 0.1) is 11.3 Å². The van der Waals surface area contributed by atoms with Crippen LogP contribution in [0.15, 0.2) is 115 Å². The fourth-order valence-corrected chi connectivity index (χ4v) is 10.6. The van der Waals surface area contributed by atoms with Gasteiger partial charge in [0, 0.05) is 0 Å². The molecule has 0 bridgehead atoms. The van der Waals surface area contributed by atoms with Crippen LogP contribution in [0.1, 0.15) is 24.8 Å². The molecule has 0 aromatic heterocycles. The summed E-state index contributed by atoms with van der Waals surface area (Å²) >= 11 is 8.15. The summed E-state index contributed by atoms with van der Waals surface area (Å²) in [6.45, 7) is 0.619. The molecule has 0 spiro atoms. The van der Waals surface area contributed by atoms with E-state index in [-0.39, 0.29) is 0 Å². The Balaban J connectivity index is 1.75. The first kappa shape index (κ1) is 24.0. The average Bonchev–Trinajstić information content (AvgIpc) is 2.91. The first-order chi connectivity index (χ1) is 16.6. The van der Waals surface area contributed by atoms with E-state index in [2.05, 4.69) is 91.0 Å². The third kappa shape index (κ3) is 4.88. The zero-order valence-corrected chi connectivity index (χ0v) is 20.8. The molecule has 0 unspecified atom stereocenters. The van der Waals surface area contributed by atoms with Crippen molar-refractivity contribution in [2.24, 2.45) is 0 Å². The number of hydrogen-bond acceptors (Lipinski definition) is 2. The van der Waals surface area contributed by atoms with Crippen LogP contribution in [0.5, 0.6) is 5.75 Å². The van der Waals surface area contributed by atoms with Gasteiger partial charge in [-0.25, -0.2) is 0 Å². The molecular weight excluding hydrogens is 457 g/mol. The maximum atomic E-state index is 8.68. The second kappa shape index (κ2) is 10.9. The molecule has 4 heteroatoms. The summed E-state index contributed by atoms with van der Waals surface area (Å²) in [5, 5.41) is 12.1. The standard InChI is InChI=1S/C30H29ClNOP/c31-34(28-13-5-1-6-14-28,29-15-7-2-8-16-29,30-17-9-3-10-18-30)25-26-19-21-27(22-20-26)33-24-12-4-11-23-32/h1-3,5-10,13-22H,4,11-12,24-25H2. The van der Waals surface area contributed by atoms with Crippen LogP contribution >= 0.6 is 17.2 Å². The van der Waals surface area contributed by atoms with E-state index in [0.717, 1.165) is 34.5 Å². The Morgan fingerprint density at radius 3 is 1.56 bits per heavy atom. The van der Waals surface area contributed by atoms with E-state index in [1.807, 2.05) is 30.3 Å². The Labute approximate surface area is 207 Å². The average molecular weight is 486 g/mol. The van der Waals surface area contributed by atoms with E-state index in [9.17, 15) is 0 Å². The number of ether oxygens (including phenoxy) is 1. The SMILES string of the molecule is N#CCCCCOc1ccc(CP(Cl)(c2ccccc2)(c2ccccc2)c2ccccc2)cc1. The molecule has 0 radical (unpaired) electrons. The van der Waals surface area contributed by atoms with Gasteiger partial charge in [0.1, 0.15) is 0 Å². The Hall–Kier alpha value is -3.11. The number of nitriles is 1. The molecule has 2 nitrogen and oxygen atoms in total. The number of benzene rings is 4. The van der Waals surface area contributed by atoms with Crippen LogP contribution in [-0.2, 0) is 6.16 Å². The fourth-order valence-electron chi connectivity index (χ4n) is 4.47. The first-order valence-electron chi connectivity index (χ1n) is 11.6. The molecule has 0 fully saturated rings. The van der Waals surface area contributed by atoms with Crippen molar-refractivity contribution in [3.63, 3.8) is 0 Å². The predicted molar refractivity (Wildman–Crippen MR) is 146 cm³/mol. The molecule has 0 aliphatic carbocycles. The van der Waals surface area contributed by atoms with Gasteiger partial charge >= 0.3 is 208 Å². The number of halogens is 1. The summed E-state index contributed by atoms with van der Waals surface area (Å²) in [6.07, 6.45) is 3.02. The Morgan fingerprint density at radius 1 is 0.647 bits per heavy atom. The van der Waals surface area contributed by atoms with Gasteiger partial charge in [0.15, 0.2) is 0 Å². The van der Waals surface area contributed by atoms with Gasteiger partial charge in [-0.05, 0) is 0 Å². The van der Waals surface area contributed by atoms with Gasteiger partial charge < -0.3 is 0 Å². The van der Waals surface area contributed by atoms with Gasteiger partial charge in [0.2, 0.25) is 0 Å². The molecule has 0 saturated carbocycles. The Kier molecular flexibility index (Phi) is 7.69. The van der Waals surface area contributed by atoms with E-state index >= 15 is 0 Å². The zero-order chi connectivity index (χ0) is 23.7. The van der Waals surface area contributed by atoms with Gasteiger partial charge in [0.05, 0.1) is 0 Å². The van der Waals surface area contributed by atoms with Gasteiger partial charge in [-0.3, -0.25) is 0 Å². The first-order valence-corrected chi connectivity index (χ1v) is 15.0. The van der Waals surface area contributed by atoms with Gasteiger partial charge in [-0.1, -0.05) is 0 Å². The van der Waals surface area contributed by atoms with Crippen molar-refractivity contribution in [2.45, 2.75) is 25.4 Å². The van der Waals surface area contributed by atoms with Crippen molar-refractivity contribution in [3.05, 3.63) is 121 Å². The second-order valence-electron chi connectivity index (χ2n) is 8.46. The molecule has 0 aliphatic rings. The number of nitrogens with zero attached hydrogens (tertiary/aromatic N) is 1. The number of rotatable bonds is 10. The van der Waals surface area contributed by atoms with Gasteiger partial charge in [-0.2, -0.15) is 0 Å². The molecule has 4 aromatic carbocycles. The van der Waals surface area contributed by atoms with Crippen molar-refractivity contribution in [1.82, 2.24) is 0 Å². The van der Waals surface area contributed by atoms with Crippen molar-refractivity contribution in [3.8, 4) is 11.8 Å². The Morgan fingerprint density at radius 2 is 1.12 bits per heavy atom. The van der Waals surface area contributed by atoms with Crippen molar-refractivity contribution in [1.29, 1.82) is 5.26 Å². The van der Waals surface area contributed by atoms with E-state index in [1.165, 1.54) is 5.56 Å². The molecule has 34 heavy (non-hydrogen) atoms. The van der Waals surface area contributed by atoms with Crippen molar-refractivity contribution < 1.29 is 4.74 Å². The van der Waals surface area contributed by atoms with Crippen LogP contribution in [0.4, 0.5) is 0 Å². The molecule has 0 aliphatic heterocycles. The molecule has 172 valence electrons. The van der Waals surface area contributed by atoms with Crippen LogP contribution in [-0.4, -0.2) is 6.61 Å². The summed E-state index contributed by atoms with van der Waals surface area (Å²) in [6, 6.07) is 42.1. The summed E-state index contributed by atoms with van der Waals surface area (Å²) in [5.41, 5.74) is 1.17. The fraction of sp³-hybridized carbons (Fsp3) is 0.167. The molecule has 0 N–H and O–H groups in total. The summed E-state index contributed by atoms with van der Waals surface area (Å²) in [7, 11) is 0. The van der Waals surface area contributed by atoms with E-state index in [1.54, 1.807) is 0 Å². The van der Waals surface area contributed by atoms with E-state index < -0.39 is 5.96 Å². The molecule has 4 aromatic rings. The molecule has 0 saturated heterocycles. The summed E-state index contributed by atoms with van der Waals surface area (Å²) in [4.78, 5) is 0. The monoisotopic (exact) mass is 485 g/mol. The molecule has 4 rings (SSSR count). The molecule has 0 heterocycles. The van der Waals surface area contributed by atoms with Crippen LogP contribution in [0.2, 0.25) is 0 Å². The summed E-state index contributed by atoms with van der Waals surface area (Å²) in [5.74, 6) is -2.50. The minimum absolute atomic E-state index is 0.573. The quantitative estimate of drug-likeness (QED) is 0.180. The maximum absolute atomic E-state index is 8.68. The zero-order valence-electron chi connectivity index (χ0n) is 19.2. The van der Waals surface area contributed by atoms with Gasteiger partial charge in [0.25, 0.3) is 0 Å². The topological polar surface area (TPSA) is 33.0 Å². The van der Waals surface area contributed by atoms with Crippen LogP contribution in [0.25, 0.3) is 0 Å². The Bertz CT molecular complexity index is 1120. The number of unbranched alkanes of at least 4 members (excludes halogenated alkanes) is 2. The van der Waals surface area contributed by atoms with Gasteiger partial charge in [-0.15, -0.1) is 0 Å². The normalized spacial score (nSPS) is 12.3. The molecule has 0 amide bonds. The molecular formula is C30H29ClNOP. The van der Waals surface area contributed by atoms with Crippen LogP contribution < -0.4 is 20.7 Å². The van der Waals surface area contributed by atoms with E-state index in [0.29, 0.717) is 19.2 Å². The minimum atomic E-state index is -3.34. The third-order valence-corrected chi connectivity index (χ3v) is 13.4. The van der Waals surface area contributed by atoms with Crippen LogP contribution in [0.3, 0.4) is 0 Å². The van der Waals surface area contributed by atoms with Crippen molar-refractivity contribution >= 4 is 33.1 Å². The third-order valence-electron chi connectivity index (χ3n) is 6.24. The summed E-state index contributed by atoms with van der Waals surface area (Å²) < 4.78 is 5.89. The molecule has 0 atom stereocenters. The number of hydrogen-bond donors (Lipinski definition) is 0.